The standard InChI is InChI=1S/C17H26N2O5S/c1-17(2,12-20)9-5-3-4-6-13-7-8-15(21)14(10-13)19-11-16(22)18-25(19,23)24/h7-8,10-11,18,20-22H,3-6,9,12H2,1-2H3. The molecule has 8 heteroatoms. The smallest absolute Gasteiger partial charge is 0.330 e. The van der Waals surface area contributed by atoms with Crippen LogP contribution in [-0.4, -0.2) is 30.3 Å². The summed E-state index contributed by atoms with van der Waals surface area (Å²) >= 11 is 0. The number of aliphatic hydroxyl groups excluding tert-OH is 2. The third-order valence-electron chi connectivity index (χ3n) is 4.26. The molecule has 2 rings (SSSR count). The minimum Gasteiger partial charge on any atom is -0.506 e. The number of nitrogens with zero attached hydrogens (tertiary/aromatic N) is 1. The van der Waals surface area contributed by atoms with Crippen LogP contribution in [-0.2, 0) is 16.6 Å². The van der Waals surface area contributed by atoms with Gasteiger partial charge in [-0.05, 0) is 42.4 Å². The van der Waals surface area contributed by atoms with E-state index in [-0.39, 0.29) is 23.5 Å². The Balaban J connectivity index is 1.98. The highest BCUT2D eigenvalue weighted by atomic mass is 32.2. The SMILES string of the molecule is CC(C)(CO)CCCCCc1ccc(O)c(N2C=C(O)NS2(=O)=O)c1. The lowest BCUT2D eigenvalue weighted by Crippen LogP contribution is -2.29. The summed E-state index contributed by atoms with van der Waals surface area (Å²) in [6.07, 6.45) is 5.67. The lowest BCUT2D eigenvalue weighted by molar-refractivity contribution is 0.147. The van der Waals surface area contributed by atoms with Gasteiger partial charge in [0.2, 0.25) is 5.88 Å². The zero-order valence-electron chi connectivity index (χ0n) is 14.6. The van der Waals surface area contributed by atoms with E-state index in [2.05, 4.69) is 0 Å². The number of anilines is 1. The number of hydrogen-bond donors (Lipinski definition) is 4. The van der Waals surface area contributed by atoms with Crippen LogP contribution in [0.1, 0.15) is 45.1 Å². The van der Waals surface area contributed by atoms with Gasteiger partial charge >= 0.3 is 10.2 Å². The quantitative estimate of drug-likeness (QED) is 0.526. The number of rotatable bonds is 8. The maximum Gasteiger partial charge on any atom is 0.330 e. The molecule has 0 aromatic heterocycles. The molecule has 0 saturated carbocycles. The van der Waals surface area contributed by atoms with Crippen molar-refractivity contribution in [2.75, 3.05) is 10.9 Å². The zero-order valence-corrected chi connectivity index (χ0v) is 15.4. The Labute approximate surface area is 148 Å². The average molecular weight is 370 g/mol. The van der Waals surface area contributed by atoms with E-state index in [1.54, 1.807) is 12.1 Å². The van der Waals surface area contributed by atoms with E-state index in [1.807, 2.05) is 18.6 Å². The topological polar surface area (TPSA) is 110 Å². The van der Waals surface area contributed by atoms with Crippen molar-refractivity contribution in [1.29, 1.82) is 0 Å². The molecule has 1 aliphatic rings. The molecule has 0 unspecified atom stereocenters. The van der Waals surface area contributed by atoms with Gasteiger partial charge in [-0.15, -0.1) is 0 Å². The Hall–Kier alpha value is -1.93. The second kappa shape index (κ2) is 7.53. The first-order valence-electron chi connectivity index (χ1n) is 8.30. The van der Waals surface area contributed by atoms with Gasteiger partial charge in [0, 0.05) is 6.61 Å². The molecule has 0 atom stereocenters. The van der Waals surface area contributed by atoms with E-state index in [4.69, 9.17) is 0 Å². The third-order valence-corrected chi connectivity index (χ3v) is 5.54. The van der Waals surface area contributed by atoms with E-state index in [0.717, 1.165) is 48.2 Å². The largest absolute Gasteiger partial charge is 0.506 e. The van der Waals surface area contributed by atoms with Crippen molar-refractivity contribution < 1.29 is 23.7 Å². The predicted molar refractivity (Wildman–Crippen MR) is 96.4 cm³/mol. The fraction of sp³-hybridized carbons (Fsp3) is 0.529. The minimum absolute atomic E-state index is 0.0584. The summed E-state index contributed by atoms with van der Waals surface area (Å²) in [5.74, 6) is -0.666. The second-order valence-corrected chi connectivity index (χ2v) is 8.67. The molecule has 0 saturated heterocycles. The number of aromatic hydroxyl groups is 1. The van der Waals surface area contributed by atoms with Crippen LogP contribution in [0.15, 0.2) is 30.3 Å². The van der Waals surface area contributed by atoms with E-state index >= 15 is 0 Å². The number of nitrogens with one attached hydrogen (secondary N) is 1. The van der Waals surface area contributed by atoms with Gasteiger partial charge in [-0.2, -0.15) is 8.42 Å². The summed E-state index contributed by atoms with van der Waals surface area (Å²) in [5, 5.41) is 28.6. The molecule has 0 spiro atoms. The van der Waals surface area contributed by atoms with E-state index in [9.17, 15) is 23.7 Å². The Bertz CT molecular complexity index is 743. The Kier molecular flexibility index (Phi) is 5.84. The molecule has 0 radical (unpaired) electrons. The van der Waals surface area contributed by atoms with Gasteiger partial charge in [0.05, 0.1) is 6.20 Å². The van der Waals surface area contributed by atoms with Gasteiger partial charge in [0.25, 0.3) is 0 Å². The lowest BCUT2D eigenvalue weighted by Gasteiger charge is -2.21. The Morgan fingerprint density at radius 2 is 1.88 bits per heavy atom. The van der Waals surface area contributed by atoms with Crippen molar-refractivity contribution in [2.24, 2.45) is 5.41 Å². The number of benzene rings is 1. The van der Waals surface area contributed by atoms with Gasteiger partial charge in [-0.25, -0.2) is 9.03 Å². The zero-order chi connectivity index (χ0) is 18.7. The van der Waals surface area contributed by atoms with Crippen molar-refractivity contribution in [3.8, 4) is 5.75 Å². The molecule has 4 N–H and O–H groups in total. The van der Waals surface area contributed by atoms with Crippen LogP contribution in [0.5, 0.6) is 5.75 Å². The highest BCUT2D eigenvalue weighted by Gasteiger charge is 2.30. The third kappa shape index (κ3) is 5.02. The van der Waals surface area contributed by atoms with Crippen LogP contribution < -0.4 is 9.03 Å². The van der Waals surface area contributed by atoms with Gasteiger partial charge in [0.15, 0.2) is 0 Å². The van der Waals surface area contributed by atoms with Crippen LogP contribution in [0.25, 0.3) is 0 Å². The van der Waals surface area contributed by atoms with Crippen molar-refractivity contribution in [3.63, 3.8) is 0 Å². The number of aryl methyl sites for hydroxylation is 1. The molecule has 7 nitrogen and oxygen atoms in total. The normalized spacial score (nSPS) is 16.6. The van der Waals surface area contributed by atoms with Crippen LogP contribution in [0, 0.1) is 5.41 Å². The fourth-order valence-corrected chi connectivity index (χ4v) is 3.74. The number of aliphatic hydroxyl groups is 2. The molecule has 0 aliphatic carbocycles. The number of phenols is 1. The number of unbranched alkanes of at least 4 members (excludes halogenated alkanes) is 2. The maximum absolute atomic E-state index is 11.9. The summed E-state index contributed by atoms with van der Waals surface area (Å²) in [6, 6.07) is 4.83. The van der Waals surface area contributed by atoms with Gasteiger partial charge < -0.3 is 15.3 Å². The molecule has 25 heavy (non-hydrogen) atoms. The summed E-state index contributed by atoms with van der Waals surface area (Å²) < 4.78 is 26.6. The average Bonchev–Trinajstić information content (AvgIpc) is 2.81. The van der Waals surface area contributed by atoms with Crippen LogP contribution >= 0.6 is 0 Å². The molecule has 0 fully saturated rings. The molecule has 1 aromatic rings. The second-order valence-electron chi connectivity index (χ2n) is 7.12. The molecule has 1 aliphatic heterocycles. The summed E-state index contributed by atoms with van der Waals surface area (Å²) in [7, 11) is -3.92. The van der Waals surface area contributed by atoms with Crippen LogP contribution in [0.2, 0.25) is 0 Å². The molecule has 0 amide bonds. The van der Waals surface area contributed by atoms with Crippen molar-refractivity contribution in [3.05, 3.63) is 35.8 Å². The van der Waals surface area contributed by atoms with Crippen molar-refractivity contribution >= 4 is 15.9 Å². The van der Waals surface area contributed by atoms with E-state index < -0.39 is 16.1 Å². The molecule has 140 valence electrons. The monoisotopic (exact) mass is 370 g/mol. The first kappa shape index (κ1) is 19.4. The first-order chi connectivity index (χ1) is 11.6. The summed E-state index contributed by atoms with van der Waals surface area (Å²) in [6.45, 7) is 4.24. The highest BCUT2D eigenvalue weighted by Crippen LogP contribution is 2.33. The molecular weight excluding hydrogens is 344 g/mol. The molecule has 1 aromatic carbocycles. The Morgan fingerprint density at radius 3 is 2.48 bits per heavy atom. The molecule has 1 heterocycles. The van der Waals surface area contributed by atoms with Crippen molar-refractivity contribution in [2.45, 2.75) is 46.0 Å². The highest BCUT2D eigenvalue weighted by molar-refractivity contribution is 7.91. The van der Waals surface area contributed by atoms with Gasteiger partial charge in [-0.3, -0.25) is 0 Å². The molecule has 0 bridgehead atoms. The maximum atomic E-state index is 11.9. The van der Waals surface area contributed by atoms with Crippen molar-refractivity contribution in [1.82, 2.24) is 4.72 Å². The van der Waals surface area contributed by atoms with E-state index in [0.29, 0.717) is 0 Å². The predicted octanol–water partition coefficient (Wildman–Crippen LogP) is 2.52. The lowest BCUT2D eigenvalue weighted by atomic mass is 9.88. The van der Waals surface area contributed by atoms with E-state index in [1.165, 1.54) is 6.07 Å². The fourth-order valence-electron chi connectivity index (χ4n) is 2.68. The molecular formula is C17H26N2O5S. The van der Waals surface area contributed by atoms with Crippen LogP contribution in [0.3, 0.4) is 0 Å². The number of phenolic OH excluding ortho intramolecular Hbond substituents is 1. The van der Waals surface area contributed by atoms with Gasteiger partial charge in [0.1, 0.15) is 11.4 Å². The van der Waals surface area contributed by atoms with Crippen LogP contribution in [0.4, 0.5) is 5.69 Å². The minimum atomic E-state index is -3.92. The summed E-state index contributed by atoms with van der Waals surface area (Å²) in [4.78, 5) is 0. The number of hydrogen-bond acceptors (Lipinski definition) is 5. The Morgan fingerprint density at radius 1 is 1.16 bits per heavy atom. The summed E-state index contributed by atoms with van der Waals surface area (Å²) in [5.41, 5.74) is 0.955. The first-order valence-corrected chi connectivity index (χ1v) is 9.74. The van der Waals surface area contributed by atoms with Gasteiger partial charge in [-0.1, -0.05) is 32.8 Å².